The highest BCUT2D eigenvalue weighted by molar-refractivity contribution is 8.02. The number of benzene rings is 2. The summed E-state index contributed by atoms with van der Waals surface area (Å²) in [5.41, 5.74) is 1.33. The summed E-state index contributed by atoms with van der Waals surface area (Å²) < 4.78 is -1.27. The highest BCUT2D eigenvalue weighted by Crippen LogP contribution is 2.51. The first-order valence-electron chi connectivity index (χ1n) is 9.03. The van der Waals surface area contributed by atoms with Crippen LogP contribution in [0.4, 0.5) is 0 Å². The van der Waals surface area contributed by atoms with Crippen molar-refractivity contribution in [3.63, 3.8) is 0 Å². The monoisotopic (exact) mass is 376 g/mol. The van der Waals surface area contributed by atoms with Crippen molar-refractivity contribution in [3.8, 4) is 0 Å². The van der Waals surface area contributed by atoms with Crippen LogP contribution in [0.15, 0.2) is 84.3 Å². The van der Waals surface area contributed by atoms with Gasteiger partial charge in [-0.15, -0.1) is 18.3 Å². The lowest BCUT2D eigenvalue weighted by molar-refractivity contribution is -0.134. The SMILES string of the molecule is C=C[C@H](c1ccccc1)[C@@]1(Sc2ccc(C)cc2)C(=O)C=CC(C)(C)C1=O. The van der Waals surface area contributed by atoms with Crippen LogP contribution in [0.25, 0.3) is 0 Å². The normalized spacial score (nSPS) is 22.5. The quantitative estimate of drug-likeness (QED) is 0.508. The molecule has 0 radical (unpaired) electrons. The van der Waals surface area contributed by atoms with Gasteiger partial charge in [0.15, 0.2) is 16.3 Å². The molecule has 0 aliphatic heterocycles. The number of carbonyl (C=O) groups excluding carboxylic acids is 2. The molecule has 0 fully saturated rings. The first-order chi connectivity index (χ1) is 12.8. The van der Waals surface area contributed by atoms with Gasteiger partial charge in [-0.2, -0.15) is 0 Å². The van der Waals surface area contributed by atoms with Crippen molar-refractivity contribution in [2.24, 2.45) is 5.41 Å². The Labute approximate surface area is 165 Å². The third kappa shape index (κ3) is 3.44. The predicted octanol–water partition coefficient (Wildman–Crippen LogP) is 5.53. The molecule has 0 N–H and O–H groups in total. The Morgan fingerprint density at radius 2 is 1.63 bits per heavy atom. The summed E-state index contributed by atoms with van der Waals surface area (Å²) in [7, 11) is 0. The van der Waals surface area contributed by atoms with Gasteiger partial charge in [-0.1, -0.05) is 60.2 Å². The maximum Gasteiger partial charge on any atom is 0.180 e. The van der Waals surface area contributed by atoms with Crippen molar-refractivity contribution in [1.82, 2.24) is 0 Å². The predicted molar refractivity (Wildman–Crippen MR) is 112 cm³/mol. The molecular formula is C24H24O2S. The minimum absolute atomic E-state index is 0.0816. The summed E-state index contributed by atoms with van der Waals surface area (Å²) in [6, 6.07) is 17.6. The van der Waals surface area contributed by atoms with Crippen LogP contribution >= 0.6 is 11.8 Å². The zero-order chi connectivity index (χ0) is 19.7. The first kappa shape index (κ1) is 19.4. The average Bonchev–Trinajstić information content (AvgIpc) is 2.66. The van der Waals surface area contributed by atoms with E-state index in [4.69, 9.17) is 0 Å². The fourth-order valence-electron chi connectivity index (χ4n) is 3.52. The Kier molecular flexibility index (Phi) is 5.25. The van der Waals surface area contributed by atoms with E-state index < -0.39 is 16.1 Å². The maximum atomic E-state index is 13.7. The molecule has 0 amide bonds. The number of carbonyl (C=O) groups is 2. The number of ketones is 2. The van der Waals surface area contributed by atoms with Crippen LogP contribution in [0.1, 0.15) is 30.9 Å². The van der Waals surface area contributed by atoms with Crippen LogP contribution in [0.2, 0.25) is 0 Å². The molecule has 0 heterocycles. The highest BCUT2D eigenvalue weighted by Gasteiger charge is 2.56. The molecule has 0 saturated heterocycles. The van der Waals surface area contributed by atoms with Gasteiger partial charge in [-0.05, 0) is 44.5 Å². The maximum absolute atomic E-state index is 13.7. The standard InChI is InChI=1S/C24H24O2S/c1-5-20(18-9-7-6-8-10-18)24(27-19-13-11-17(2)12-14-19)21(25)15-16-23(3,4)22(24)26/h5-16,20H,1H2,2-4H3/t20-,24-/m1/s1. The lowest BCUT2D eigenvalue weighted by Gasteiger charge is -2.42. The van der Waals surface area contributed by atoms with E-state index >= 15 is 0 Å². The van der Waals surface area contributed by atoms with Gasteiger partial charge in [-0.25, -0.2) is 0 Å². The molecule has 1 aliphatic carbocycles. The van der Waals surface area contributed by atoms with Gasteiger partial charge in [0.25, 0.3) is 0 Å². The van der Waals surface area contributed by atoms with Crippen molar-refractivity contribution < 1.29 is 9.59 Å². The summed E-state index contributed by atoms with van der Waals surface area (Å²) in [4.78, 5) is 27.9. The number of hydrogen-bond acceptors (Lipinski definition) is 3. The van der Waals surface area contributed by atoms with E-state index in [1.807, 2.05) is 75.4 Å². The number of thioether (sulfide) groups is 1. The molecule has 2 aromatic rings. The van der Waals surface area contributed by atoms with Crippen LogP contribution < -0.4 is 0 Å². The summed E-state index contributed by atoms with van der Waals surface area (Å²) >= 11 is 1.35. The molecule has 0 bridgehead atoms. The first-order valence-corrected chi connectivity index (χ1v) is 9.84. The minimum Gasteiger partial charge on any atom is -0.297 e. The smallest absolute Gasteiger partial charge is 0.180 e. The number of allylic oxidation sites excluding steroid dienone is 3. The molecule has 2 atom stereocenters. The van der Waals surface area contributed by atoms with Crippen molar-refractivity contribution in [3.05, 3.63) is 90.5 Å². The van der Waals surface area contributed by atoms with Crippen molar-refractivity contribution in [2.75, 3.05) is 0 Å². The van der Waals surface area contributed by atoms with E-state index in [-0.39, 0.29) is 11.6 Å². The van der Waals surface area contributed by atoms with Crippen molar-refractivity contribution in [2.45, 2.75) is 36.3 Å². The zero-order valence-corrected chi connectivity index (χ0v) is 16.8. The Balaban J connectivity index is 2.21. The number of rotatable bonds is 5. The van der Waals surface area contributed by atoms with Crippen LogP contribution in [0.3, 0.4) is 0 Å². The minimum atomic E-state index is -1.27. The van der Waals surface area contributed by atoms with E-state index in [9.17, 15) is 9.59 Å². The average molecular weight is 377 g/mol. The molecule has 1 aliphatic rings. The van der Waals surface area contributed by atoms with Crippen molar-refractivity contribution in [1.29, 1.82) is 0 Å². The third-order valence-electron chi connectivity index (χ3n) is 5.07. The Hall–Kier alpha value is -2.39. The Morgan fingerprint density at radius 1 is 1.00 bits per heavy atom. The fourth-order valence-corrected chi connectivity index (χ4v) is 5.05. The molecule has 0 unspecified atom stereocenters. The van der Waals surface area contributed by atoms with Crippen LogP contribution in [-0.4, -0.2) is 16.3 Å². The van der Waals surface area contributed by atoms with Gasteiger partial charge in [0.1, 0.15) is 0 Å². The molecule has 138 valence electrons. The van der Waals surface area contributed by atoms with E-state index in [1.165, 1.54) is 11.8 Å². The molecule has 0 aromatic heterocycles. The van der Waals surface area contributed by atoms with E-state index in [0.717, 1.165) is 16.0 Å². The molecule has 2 nitrogen and oxygen atoms in total. The Morgan fingerprint density at radius 3 is 2.22 bits per heavy atom. The van der Waals surface area contributed by atoms with Gasteiger partial charge >= 0.3 is 0 Å². The highest BCUT2D eigenvalue weighted by atomic mass is 32.2. The third-order valence-corrected chi connectivity index (χ3v) is 6.54. The van der Waals surface area contributed by atoms with E-state index in [2.05, 4.69) is 6.58 Å². The van der Waals surface area contributed by atoms with Gasteiger partial charge in [0.05, 0.1) is 0 Å². The second kappa shape index (κ2) is 7.32. The second-order valence-electron chi connectivity index (χ2n) is 7.52. The molecule has 0 spiro atoms. The molecule has 2 aromatic carbocycles. The van der Waals surface area contributed by atoms with Crippen LogP contribution in [0, 0.1) is 12.3 Å². The topological polar surface area (TPSA) is 34.1 Å². The lowest BCUT2D eigenvalue weighted by Crippen LogP contribution is -2.54. The second-order valence-corrected chi connectivity index (χ2v) is 8.84. The summed E-state index contributed by atoms with van der Waals surface area (Å²) in [5.74, 6) is -0.679. The summed E-state index contributed by atoms with van der Waals surface area (Å²) in [6.45, 7) is 9.74. The van der Waals surface area contributed by atoms with E-state index in [0.29, 0.717) is 0 Å². The number of hydrogen-bond donors (Lipinski definition) is 0. The van der Waals surface area contributed by atoms with Crippen LogP contribution in [0.5, 0.6) is 0 Å². The van der Waals surface area contributed by atoms with E-state index in [1.54, 1.807) is 18.2 Å². The molecular weight excluding hydrogens is 352 g/mol. The Bertz CT molecular complexity index is 894. The fraction of sp³-hybridized carbons (Fsp3) is 0.250. The van der Waals surface area contributed by atoms with Crippen LogP contribution in [-0.2, 0) is 9.59 Å². The lowest BCUT2D eigenvalue weighted by atomic mass is 9.68. The largest absolute Gasteiger partial charge is 0.297 e. The number of Topliss-reactive ketones (excluding diaryl/α,β-unsaturated/α-hetero) is 1. The molecule has 27 heavy (non-hydrogen) atoms. The van der Waals surface area contributed by atoms with Gasteiger partial charge in [0, 0.05) is 16.2 Å². The van der Waals surface area contributed by atoms with Gasteiger partial charge < -0.3 is 0 Å². The van der Waals surface area contributed by atoms with Gasteiger partial charge in [-0.3, -0.25) is 9.59 Å². The summed E-state index contributed by atoms with van der Waals surface area (Å²) in [6.07, 6.45) is 5.03. The van der Waals surface area contributed by atoms with Crippen molar-refractivity contribution >= 4 is 23.3 Å². The number of aryl methyl sites for hydroxylation is 1. The summed E-state index contributed by atoms with van der Waals surface area (Å²) in [5, 5.41) is 0. The molecule has 3 heteroatoms. The zero-order valence-electron chi connectivity index (χ0n) is 15.9. The molecule has 3 rings (SSSR count). The van der Waals surface area contributed by atoms with Gasteiger partial charge in [0.2, 0.25) is 0 Å². The molecule has 0 saturated carbocycles.